The lowest BCUT2D eigenvalue weighted by Gasteiger charge is -2.18. The second kappa shape index (κ2) is 8.41. The predicted molar refractivity (Wildman–Crippen MR) is 96.8 cm³/mol. The number of carbonyl (C=O) groups is 1. The molecule has 2 N–H and O–H groups in total. The molecule has 2 aromatic rings. The first-order valence-electron chi connectivity index (χ1n) is 7.66. The number of ether oxygens (including phenoxy) is 1. The van der Waals surface area contributed by atoms with Gasteiger partial charge in [0.25, 0.3) is 5.91 Å². The molecule has 1 unspecified atom stereocenters. The van der Waals surface area contributed by atoms with Crippen LogP contribution in [0.15, 0.2) is 60.8 Å². The van der Waals surface area contributed by atoms with Gasteiger partial charge in [-0.3, -0.25) is 10.2 Å². The summed E-state index contributed by atoms with van der Waals surface area (Å²) in [4.78, 5) is 12.1. The summed E-state index contributed by atoms with van der Waals surface area (Å²) < 4.78 is 5.67. The number of rotatable bonds is 7. The maximum Gasteiger partial charge on any atom is 0.279 e. The van der Waals surface area contributed by atoms with E-state index in [1.807, 2.05) is 37.3 Å². The Morgan fingerprint density at radius 3 is 2.58 bits per heavy atom. The van der Waals surface area contributed by atoms with Crippen LogP contribution in [0.25, 0.3) is 0 Å². The number of hydrogen-bond donors (Lipinski definition) is 2. The lowest BCUT2D eigenvalue weighted by atomic mass is 10.1. The zero-order valence-electron chi connectivity index (χ0n) is 13.8. The minimum Gasteiger partial charge on any atom is -0.481 e. The summed E-state index contributed by atoms with van der Waals surface area (Å²) in [7, 11) is 0. The molecule has 0 aromatic heterocycles. The van der Waals surface area contributed by atoms with Crippen LogP contribution >= 0.6 is 11.6 Å². The van der Waals surface area contributed by atoms with E-state index in [4.69, 9.17) is 16.3 Å². The molecule has 0 radical (unpaired) electrons. The number of aryl methyl sites for hydroxylation is 1. The maximum absolute atomic E-state index is 12.1. The summed E-state index contributed by atoms with van der Waals surface area (Å²) >= 11 is 5.91. The molecule has 2 aromatic carbocycles. The molecule has 0 fully saturated rings. The standard InChI is InChI=1S/C19H21ClN2O2/c1-13-11-17(20)9-10-18(13)24-15(3)19(23)22-21-14(2)12-16-7-5-4-6-8-16/h4-11,15,21H,2,12H2,1,3H3,(H,22,23). The molecule has 0 bridgehead atoms. The number of nitrogens with one attached hydrogen (secondary N) is 2. The SMILES string of the molecule is C=C(Cc1ccccc1)NNC(=O)C(C)Oc1ccc(Cl)cc1C. The smallest absolute Gasteiger partial charge is 0.279 e. The highest BCUT2D eigenvalue weighted by Crippen LogP contribution is 2.22. The van der Waals surface area contributed by atoms with Crippen molar-refractivity contribution < 1.29 is 9.53 Å². The van der Waals surface area contributed by atoms with Crippen molar-refractivity contribution in [3.63, 3.8) is 0 Å². The molecule has 1 atom stereocenters. The van der Waals surface area contributed by atoms with E-state index < -0.39 is 6.10 Å². The highest BCUT2D eigenvalue weighted by Gasteiger charge is 2.15. The van der Waals surface area contributed by atoms with Gasteiger partial charge < -0.3 is 10.2 Å². The number of benzene rings is 2. The lowest BCUT2D eigenvalue weighted by molar-refractivity contribution is -0.128. The third kappa shape index (κ3) is 5.32. The van der Waals surface area contributed by atoms with E-state index >= 15 is 0 Å². The number of hydrazine groups is 1. The predicted octanol–water partition coefficient (Wildman–Crippen LogP) is 3.79. The number of halogens is 1. The summed E-state index contributed by atoms with van der Waals surface area (Å²) in [5.41, 5.74) is 8.13. The van der Waals surface area contributed by atoms with Crippen molar-refractivity contribution in [2.24, 2.45) is 0 Å². The second-order valence-electron chi connectivity index (χ2n) is 5.55. The zero-order valence-corrected chi connectivity index (χ0v) is 14.6. The molecule has 2 rings (SSSR count). The van der Waals surface area contributed by atoms with Crippen molar-refractivity contribution in [2.45, 2.75) is 26.4 Å². The van der Waals surface area contributed by atoms with Crippen LogP contribution in [0.2, 0.25) is 5.02 Å². The summed E-state index contributed by atoms with van der Waals surface area (Å²) in [6, 6.07) is 15.2. The van der Waals surface area contributed by atoms with E-state index in [0.717, 1.165) is 11.1 Å². The second-order valence-corrected chi connectivity index (χ2v) is 5.99. The van der Waals surface area contributed by atoms with Crippen LogP contribution in [0.3, 0.4) is 0 Å². The van der Waals surface area contributed by atoms with E-state index in [2.05, 4.69) is 17.4 Å². The fourth-order valence-corrected chi connectivity index (χ4v) is 2.35. The van der Waals surface area contributed by atoms with Gasteiger partial charge in [0.05, 0.1) is 0 Å². The van der Waals surface area contributed by atoms with E-state index in [-0.39, 0.29) is 5.91 Å². The Kier molecular flexibility index (Phi) is 6.27. The van der Waals surface area contributed by atoms with Crippen LogP contribution < -0.4 is 15.6 Å². The van der Waals surface area contributed by atoms with Gasteiger partial charge >= 0.3 is 0 Å². The summed E-state index contributed by atoms with van der Waals surface area (Å²) in [5, 5.41) is 0.635. The average molecular weight is 345 g/mol. The molecule has 0 heterocycles. The number of hydrogen-bond acceptors (Lipinski definition) is 3. The van der Waals surface area contributed by atoms with Crippen molar-refractivity contribution >= 4 is 17.5 Å². The van der Waals surface area contributed by atoms with Crippen LogP contribution in [0.1, 0.15) is 18.1 Å². The van der Waals surface area contributed by atoms with Crippen LogP contribution in [0, 0.1) is 6.92 Å². The van der Waals surface area contributed by atoms with Gasteiger partial charge in [-0.1, -0.05) is 48.5 Å². The molecule has 0 aliphatic carbocycles. The van der Waals surface area contributed by atoms with Crippen LogP contribution in [-0.4, -0.2) is 12.0 Å². The summed E-state index contributed by atoms with van der Waals surface area (Å²) in [6.07, 6.45) is -0.0194. The summed E-state index contributed by atoms with van der Waals surface area (Å²) in [6.45, 7) is 7.47. The van der Waals surface area contributed by atoms with Crippen LogP contribution in [-0.2, 0) is 11.2 Å². The minimum absolute atomic E-state index is 0.279. The first kappa shape index (κ1) is 17.9. The van der Waals surface area contributed by atoms with Gasteiger partial charge in [-0.25, -0.2) is 0 Å². The average Bonchev–Trinajstić information content (AvgIpc) is 2.56. The zero-order chi connectivity index (χ0) is 17.5. The van der Waals surface area contributed by atoms with Crippen molar-refractivity contribution in [3.05, 3.63) is 77.0 Å². The molecule has 0 aliphatic rings. The normalized spacial score (nSPS) is 11.5. The van der Waals surface area contributed by atoms with Crippen molar-refractivity contribution in [1.29, 1.82) is 0 Å². The molecular weight excluding hydrogens is 324 g/mol. The van der Waals surface area contributed by atoms with E-state index in [0.29, 0.717) is 22.9 Å². The highest BCUT2D eigenvalue weighted by molar-refractivity contribution is 6.30. The van der Waals surface area contributed by atoms with Gasteiger partial charge in [-0.05, 0) is 43.2 Å². The number of carbonyl (C=O) groups excluding carboxylic acids is 1. The molecule has 0 aliphatic heterocycles. The first-order valence-corrected chi connectivity index (χ1v) is 8.04. The molecule has 126 valence electrons. The summed E-state index contributed by atoms with van der Waals surface area (Å²) in [5.74, 6) is 0.351. The van der Waals surface area contributed by atoms with Gasteiger partial charge in [0.1, 0.15) is 5.75 Å². The van der Waals surface area contributed by atoms with Gasteiger partial charge in [0.15, 0.2) is 6.10 Å². The minimum atomic E-state index is -0.651. The third-order valence-electron chi connectivity index (χ3n) is 3.43. The Hall–Kier alpha value is -2.46. The molecule has 0 saturated heterocycles. The third-order valence-corrected chi connectivity index (χ3v) is 3.67. The van der Waals surface area contributed by atoms with E-state index in [9.17, 15) is 4.79 Å². The lowest BCUT2D eigenvalue weighted by Crippen LogP contribution is -2.44. The Bertz CT molecular complexity index is 717. The monoisotopic (exact) mass is 344 g/mol. The maximum atomic E-state index is 12.1. The molecular formula is C19H21ClN2O2. The van der Waals surface area contributed by atoms with Crippen LogP contribution in [0.5, 0.6) is 5.75 Å². The Morgan fingerprint density at radius 1 is 1.21 bits per heavy atom. The number of amides is 1. The molecule has 24 heavy (non-hydrogen) atoms. The quantitative estimate of drug-likeness (QED) is 0.751. The highest BCUT2D eigenvalue weighted by atomic mass is 35.5. The van der Waals surface area contributed by atoms with Gasteiger partial charge in [0, 0.05) is 17.1 Å². The van der Waals surface area contributed by atoms with Crippen molar-refractivity contribution in [3.8, 4) is 5.75 Å². The van der Waals surface area contributed by atoms with Crippen molar-refractivity contribution in [1.82, 2.24) is 10.9 Å². The van der Waals surface area contributed by atoms with Gasteiger partial charge in [-0.15, -0.1) is 0 Å². The van der Waals surface area contributed by atoms with Crippen LogP contribution in [0.4, 0.5) is 0 Å². The fourth-order valence-electron chi connectivity index (χ4n) is 2.13. The molecule has 0 saturated carbocycles. The first-order chi connectivity index (χ1) is 11.5. The topological polar surface area (TPSA) is 50.4 Å². The number of allylic oxidation sites excluding steroid dienone is 1. The Labute approximate surface area is 147 Å². The van der Waals surface area contributed by atoms with E-state index in [1.54, 1.807) is 25.1 Å². The molecule has 4 nitrogen and oxygen atoms in total. The van der Waals surface area contributed by atoms with Gasteiger partial charge in [0.2, 0.25) is 0 Å². The van der Waals surface area contributed by atoms with E-state index in [1.165, 1.54) is 0 Å². The molecule has 1 amide bonds. The van der Waals surface area contributed by atoms with Gasteiger partial charge in [-0.2, -0.15) is 0 Å². The fraction of sp³-hybridized carbons (Fsp3) is 0.211. The molecule has 0 spiro atoms. The molecule has 5 heteroatoms. The van der Waals surface area contributed by atoms with Crippen molar-refractivity contribution in [2.75, 3.05) is 0 Å². The largest absolute Gasteiger partial charge is 0.481 e. The Morgan fingerprint density at radius 2 is 1.92 bits per heavy atom. The Balaban J connectivity index is 1.82.